The van der Waals surface area contributed by atoms with Gasteiger partial charge in [-0.25, -0.2) is 0 Å². The van der Waals surface area contributed by atoms with Gasteiger partial charge in [-0.05, 0) is 17.9 Å². The summed E-state index contributed by atoms with van der Waals surface area (Å²) >= 11 is 0. The Kier molecular flexibility index (Phi) is 4.70. The quantitative estimate of drug-likeness (QED) is 0.923. The Bertz CT molecular complexity index is 419. The van der Waals surface area contributed by atoms with Crippen molar-refractivity contribution in [1.29, 1.82) is 0 Å². The molecule has 5 heteroatoms. The Morgan fingerprint density at radius 2 is 1.95 bits per heavy atom. The third-order valence-electron chi connectivity index (χ3n) is 4.14. The number of rotatable bonds is 3. The van der Waals surface area contributed by atoms with E-state index in [1.807, 2.05) is 6.92 Å². The topological polar surface area (TPSA) is 29.3 Å². The number of hydrogen-bond donors (Lipinski definition) is 1. The van der Waals surface area contributed by atoms with Crippen LogP contribution in [0.15, 0.2) is 30.3 Å². The van der Waals surface area contributed by atoms with Crippen LogP contribution in [0.3, 0.4) is 0 Å². The summed E-state index contributed by atoms with van der Waals surface area (Å²) in [6.45, 7) is 2.80. The number of likely N-dealkylation sites (tertiary alicyclic amines) is 1. The van der Waals surface area contributed by atoms with Gasteiger partial charge in [0, 0.05) is 19.1 Å². The number of piperidine rings is 1. The molecule has 1 aliphatic rings. The van der Waals surface area contributed by atoms with Gasteiger partial charge < -0.3 is 5.73 Å². The van der Waals surface area contributed by atoms with Gasteiger partial charge in [0.1, 0.15) is 6.04 Å². The van der Waals surface area contributed by atoms with Crippen LogP contribution in [0.1, 0.15) is 31.4 Å². The molecule has 0 spiro atoms. The summed E-state index contributed by atoms with van der Waals surface area (Å²) in [5.74, 6) is 0.136. The Morgan fingerprint density at radius 1 is 1.30 bits per heavy atom. The van der Waals surface area contributed by atoms with Crippen LogP contribution in [0.5, 0.6) is 0 Å². The Hall–Kier alpha value is -1.07. The first kappa shape index (κ1) is 15.3. The molecule has 2 rings (SSSR count). The predicted octanol–water partition coefficient (Wildman–Crippen LogP) is 3.35. The molecule has 2 N–H and O–H groups in total. The van der Waals surface area contributed by atoms with E-state index in [2.05, 4.69) is 0 Å². The summed E-state index contributed by atoms with van der Waals surface area (Å²) in [5, 5.41) is 0. The van der Waals surface area contributed by atoms with Crippen molar-refractivity contribution in [3.8, 4) is 0 Å². The fourth-order valence-corrected chi connectivity index (χ4v) is 2.99. The van der Waals surface area contributed by atoms with Crippen LogP contribution < -0.4 is 5.73 Å². The lowest BCUT2D eigenvalue weighted by atomic mass is 9.89. The number of benzene rings is 1. The fourth-order valence-electron chi connectivity index (χ4n) is 2.99. The van der Waals surface area contributed by atoms with Crippen LogP contribution in [0.2, 0.25) is 0 Å². The average Bonchev–Trinajstić information content (AvgIpc) is 2.40. The molecule has 1 heterocycles. The molecule has 3 atom stereocenters. The molecular formula is C15H21F3N2. The number of nitrogens with two attached hydrogens (primary N) is 1. The molecule has 0 bridgehead atoms. The molecule has 20 heavy (non-hydrogen) atoms. The minimum atomic E-state index is -4.26. The molecule has 1 saturated heterocycles. The van der Waals surface area contributed by atoms with Crippen molar-refractivity contribution < 1.29 is 13.2 Å². The molecule has 0 radical (unpaired) electrons. The number of alkyl halides is 3. The largest absolute Gasteiger partial charge is 0.408 e. The summed E-state index contributed by atoms with van der Waals surface area (Å²) in [7, 11) is 0. The van der Waals surface area contributed by atoms with Crippen LogP contribution >= 0.6 is 0 Å². The maximum Gasteiger partial charge on any atom is 0.408 e. The van der Waals surface area contributed by atoms with Gasteiger partial charge in [-0.15, -0.1) is 0 Å². The van der Waals surface area contributed by atoms with E-state index in [4.69, 9.17) is 5.73 Å². The number of halogens is 3. The van der Waals surface area contributed by atoms with E-state index in [9.17, 15) is 13.2 Å². The average molecular weight is 286 g/mol. The molecule has 112 valence electrons. The predicted molar refractivity (Wildman–Crippen MR) is 73.2 cm³/mol. The van der Waals surface area contributed by atoms with Crippen molar-refractivity contribution in [2.45, 2.75) is 38.0 Å². The third-order valence-corrected chi connectivity index (χ3v) is 4.14. The lowest BCUT2D eigenvalue weighted by Crippen LogP contribution is -2.50. The zero-order valence-corrected chi connectivity index (χ0v) is 11.6. The van der Waals surface area contributed by atoms with E-state index in [0.717, 1.165) is 6.42 Å². The van der Waals surface area contributed by atoms with E-state index in [1.165, 1.54) is 4.90 Å². The van der Waals surface area contributed by atoms with E-state index in [1.54, 1.807) is 30.3 Å². The first-order valence-electron chi connectivity index (χ1n) is 7.04. The molecule has 1 fully saturated rings. The molecule has 1 aromatic carbocycles. The highest BCUT2D eigenvalue weighted by atomic mass is 19.4. The van der Waals surface area contributed by atoms with Crippen LogP contribution in [-0.4, -0.2) is 30.2 Å². The summed E-state index contributed by atoms with van der Waals surface area (Å²) < 4.78 is 40.3. The zero-order valence-electron chi connectivity index (χ0n) is 11.6. The first-order valence-corrected chi connectivity index (χ1v) is 7.04. The molecule has 0 amide bonds. The Balaban J connectivity index is 2.24. The van der Waals surface area contributed by atoms with Crippen molar-refractivity contribution in [3.05, 3.63) is 35.9 Å². The molecule has 3 unspecified atom stereocenters. The smallest absolute Gasteiger partial charge is 0.327 e. The van der Waals surface area contributed by atoms with Gasteiger partial charge in [-0.2, -0.15) is 13.2 Å². The van der Waals surface area contributed by atoms with Gasteiger partial charge in [0.15, 0.2) is 0 Å². The third kappa shape index (κ3) is 3.33. The zero-order chi connectivity index (χ0) is 14.8. The van der Waals surface area contributed by atoms with Crippen LogP contribution in [0.4, 0.5) is 13.2 Å². The summed E-state index contributed by atoms with van der Waals surface area (Å²) in [5.41, 5.74) is 6.30. The van der Waals surface area contributed by atoms with E-state index in [-0.39, 0.29) is 12.0 Å². The Labute approximate surface area is 117 Å². The normalized spacial score (nSPS) is 26.4. The van der Waals surface area contributed by atoms with Gasteiger partial charge in [0.25, 0.3) is 0 Å². The summed E-state index contributed by atoms with van der Waals surface area (Å²) in [6, 6.07) is 6.63. The molecule has 0 saturated carbocycles. The molecule has 1 aromatic rings. The lowest BCUT2D eigenvalue weighted by molar-refractivity contribution is -0.191. The summed E-state index contributed by atoms with van der Waals surface area (Å²) in [6.07, 6.45) is -2.82. The van der Waals surface area contributed by atoms with Gasteiger partial charge >= 0.3 is 6.18 Å². The lowest BCUT2D eigenvalue weighted by Gasteiger charge is -2.41. The van der Waals surface area contributed by atoms with Crippen molar-refractivity contribution in [2.75, 3.05) is 13.1 Å². The van der Waals surface area contributed by atoms with Crippen molar-refractivity contribution >= 4 is 0 Å². The minimum Gasteiger partial charge on any atom is -0.327 e. The fraction of sp³-hybridized carbons (Fsp3) is 0.600. The monoisotopic (exact) mass is 286 g/mol. The van der Waals surface area contributed by atoms with Gasteiger partial charge in [0.05, 0.1) is 0 Å². The molecular weight excluding hydrogens is 265 g/mol. The van der Waals surface area contributed by atoms with Gasteiger partial charge in [-0.3, -0.25) is 4.90 Å². The van der Waals surface area contributed by atoms with Crippen LogP contribution in [0, 0.1) is 5.92 Å². The second-order valence-corrected chi connectivity index (χ2v) is 5.47. The van der Waals surface area contributed by atoms with Gasteiger partial charge in [0.2, 0.25) is 0 Å². The van der Waals surface area contributed by atoms with E-state index in [0.29, 0.717) is 25.1 Å². The highest BCUT2D eigenvalue weighted by molar-refractivity contribution is 5.21. The number of hydrogen-bond acceptors (Lipinski definition) is 2. The van der Waals surface area contributed by atoms with Crippen molar-refractivity contribution in [2.24, 2.45) is 11.7 Å². The van der Waals surface area contributed by atoms with Crippen molar-refractivity contribution in [3.63, 3.8) is 0 Å². The standard InChI is InChI=1S/C15H21F3N2/c1-2-11-10-20(9-8-13(11)19)14(15(16,17)18)12-6-4-3-5-7-12/h3-7,11,13-14H,2,8-10,19H2,1H3. The molecule has 0 aliphatic carbocycles. The van der Waals surface area contributed by atoms with Crippen LogP contribution in [0.25, 0.3) is 0 Å². The maximum absolute atomic E-state index is 13.4. The molecule has 1 aliphatic heterocycles. The van der Waals surface area contributed by atoms with Crippen molar-refractivity contribution in [1.82, 2.24) is 4.90 Å². The highest BCUT2D eigenvalue weighted by Crippen LogP contribution is 2.39. The van der Waals surface area contributed by atoms with Gasteiger partial charge in [-0.1, -0.05) is 43.7 Å². The molecule has 2 nitrogen and oxygen atoms in total. The second-order valence-electron chi connectivity index (χ2n) is 5.47. The minimum absolute atomic E-state index is 0.0147. The number of nitrogens with zero attached hydrogens (tertiary/aromatic N) is 1. The summed E-state index contributed by atoms with van der Waals surface area (Å²) in [4.78, 5) is 1.53. The van der Waals surface area contributed by atoms with Crippen LogP contribution in [-0.2, 0) is 0 Å². The van der Waals surface area contributed by atoms with E-state index >= 15 is 0 Å². The maximum atomic E-state index is 13.4. The van der Waals surface area contributed by atoms with E-state index < -0.39 is 12.2 Å². The highest BCUT2D eigenvalue weighted by Gasteiger charge is 2.46. The Morgan fingerprint density at radius 3 is 2.50 bits per heavy atom. The second kappa shape index (κ2) is 6.14. The SMILES string of the molecule is CCC1CN(C(c2ccccc2)C(F)(F)F)CCC1N. The molecule has 0 aromatic heterocycles. The first-order chi connectivity index (χ1) is 9.43.